The Bertz CT molecular complexity index is 132. The molecule has 1 saturated carbocycles. The predicted molar refractivity (Wildman–Crippen MR) is 44.3 cm³/mol. The third-order valence-corrected chi connectivity index (χ3v) is 3.45. The largest absolute Gasteiger partial charge is 0.393 e. The number of hydrogen-bond donors (Lipinski definition) is 2. The van der Waals surface area contributed by atoms with Gasteiger partial charge in [-0.3, -0.25) is 0 Å². The summed E-state index contributed by atoms with van der Waals surface area (Å²) < 4.78 is 0. The molecule has 2 heteroatoms. The van der Waals surface area contributed by atoms with Crippen molar-refractivity contribution in [3.63, 3.8) is 0 Å². The minimum atomic E-state index is -0.0220. The van der Waals surface area contributed by atoms with E-state index >= 15 is 0 Å². The second-order valence-electron chi connectivity index (χ2n) is 4.11. The fourth-order valence-electron chi connectivity index (χ4n) is 2.63. The van der Waals surface area contributed by atoms with Gasteiger partial charge in [0.05, 0.1) is 6.10 Å². The summed E-state index contributed by atoms with van der Waals surface area (Å²) in [6.45, 7) is 4.48. The van der Waals surface area contributed by atoms with Crippen LogP contribution in [-0.4, -0.2) is 24.3 Å². The van der Waals surface area contributed by atoms with Crippen molar-refractivity contribution in [2.45, 2.75) is 25.9 Å². The zero-order valence-electron chi connectivity index (χ0n) is 7.09. The summed E-state index contributed by atoms with van der Waals surface area (Å²) in [6, 6.07) is 0. The van der Waals surface area contributed by atoms with Gasteiger partial charge >= 0.3 is 0 Å². The summed E-state index contributed by atoms with van der Waals surface area (Å²) in [5, 5.41) is 13.0. The van der Waals surface area contributed by atoms with Crippen LogP contribution < -0.4 is 5.32 Å². The van der Waals surface area contributed by atoms with Crippen LogP contribution in [0.2, 0.25) is 0 Å². The highest BCUT2D eigenvalue weighted by Gasteiger charge is 2.39. The van der Waals surface area contributed by atoms with Gasteiger partial charge in [-0.05, 0) is 31.2 Å². The molecule has 0 aromatic heterocycles. The summed E-state index contributed by atoms with van der Waals surface area (Å²) in [5.41, 5.74) is 0. The Kier molecular flexibility index (Phi) is 1.90. The molecular weight excluding hydrogens is 138 g/mol. The maximum absolute atomic E-state index is 9.66. The molecule has 0 aromatic carbocycles. The fourth-order valence-corrected chi connectivity index (χ4v) is 2.63. The number of hydrogen-bond acceptors (Lipinski definition) is 2. The number of rotatable bonds is 0. The SMILES string of the molecule is C[C@H]1CC[C@H](O)[C@H]2CNCC12. The maximum Gasteiger partial charge on any atom is 0.0583 e. The third kappa shape index (κ3) is 1.18. The van der Waals surface area contributed by atoms with Crippen LogP contribution in [0.1, 0.15) is 19.8 Å². The average Bonchev–Trinajstić information content (AvgIpc) is 2.45. The summed E-state index contributed by atoms with van der Waals surface area (Å²) in [6.07, 6.45) is 2.21. The number of aliphatic hydroxyl groups is 1. The second-order valence-corrected chi connectivity index (χ2v) is 4.11. The molecule has 0 aromatic rings. The highest BCUT2D eigenvalue weighted by atomic mass is 16.3. The van der Waals surface area contributed by atoms with Crippen molar-refractivity contribution >= 4 is 0 Å². The molecule has 2 aliphatic rings. The molecule has 64 valence electrons. The lowest BCUT2D eigenvalue weighted by Crippen LogP contribution is -2.35. The molecule has 0 amide bonds. The molecule has 0 bridgehead atoms. The fraction of sp³-hybridized carbons (Fsp3) is 1.00. The van der Waals surface area contributed by atoms with E-state index in [1.165, 1.54) is 6.42 Å². The van der Waals surface area contributed by atoms with Crippen molar-refractivity contribution in [2.75, 3.05) is 13.1 Å². The van der Waals surface area contributed by atoms with Gasteiger partial charge in [0.1, 0.15) is 0 Å². The van der Waals surface area contributed by atoms with E-state index < -0.39 is 0 Å². The summed E-state index contributed by atoms with van der Waals surface area (Å²) in [4.78, 5) is 0. The standard InChI is InChI=1S/C9H17NO/c1-6-2-3-9(11)8-5-10-4-7(6)8/h6-11H,2-5H2,1H3/t6-,7?,8-,9-/m0/s1. The van der Waals surface area contributed by atoms with Gasteiger partial charge in [0, 0.05) is 12.5 Å². The van der Waals surface area contributed by atoms with Gasteiger partial charge in [0.2, 0.25) is 0 Å². The lowest BCUT2D eigenvalue weighted by atomic mass is 9.73. The highest BCUT2D eigenvalue weighted by molar-refractivity contribution is 4.92. The van der Waals surface area contributed by atoms with E-state index in [9.17, 15) is 5.11 Å². The van der Waals surface area contributed by atoms with Crippen LogP contribution in [0.3, 0.4) is 0 Å². The van der Waals surface area contributed by atoms with Crippen molar-refractivity contribution in [1.82, 2.24) is 5.32 Å². The molecule has 2 N–H and O–H groups in total. The molecule has 2 rings (SSSR count). The first-order valence-electron chi connectivity index (χ1n) is 4.68. The topological polar surface area (TPSA) is 32.3 Å². The number of aliphatic hydroxyl groups excluding tert-OH is 1. The first-order valence-corrected chi connectivity index (χ1v) is 4.68. The molecule has 1 heterocycles. The Hall–Kier alpha value is -0.0800. The minimum Gasteiger partial charge on any atom is -0.393 e. The third-order valence-electron chi connectivity index (χ3n) is 3.45. The Morgan fingerprint density at radius 3 is 2.64 bits per heavy atom. The lowest BCUT2D eigenvalue weighted by Gasteiger charge is -2.34. The van der Waals surface area contributed by atoms with Crippen molar-refractivity contribution < 1.29 is 5.11 Å². The minimum absolute atomic E-state index is 0.0220. The zero-order valence-corrected chi connectivity index (χ0v) is 7.09. The molecule has 0 spiro atoms. The van der Waals surface area contributed by atoms with Gasteiger partial charge in [0.25, 0.3) is 0 Å². The van der Waals surface area contributed by atoms with Crippen LogP contribution in [0, 0.1) is 17.8 Å². The monoisotopic (exact) mass is 155 g/mol. The quantitative estimate of drug-likeness (QED) is 0.537. The van der Waals surface area contributed by atoms with E-state index in [0.29, 0.717) is 5.92 Å². The van der Waals surface area contributed by atoms with Gasteiger partial charge in [-0.25, -0.2) is 0 Å². The normalized spacial score (nSPS) is 50.7. The molecule has 1 aliphatic carbocycles. The molecule has 1 unspecified atom stereocenters. The van der Waals surface area contributed by atoms with Crippen molar-refractivity contribution in [3.05, 3.63) is 0 Å². The number of fused-ring (bicyclic) bond motifs is 1. The van der Waals surface area contributed by atoms with Crippen LogP contribution >= 0.6 is 0 Å². The number of nitrogens with one attached hydrogen (secondary N) is 1. The van der Waals surface area contributed by atoms with Crippen molar-refractivity contribution in [1.29, 1.82) is 0 Å². The molecule has 2 fully saturated rings. The maximum atomic E-state index is 9.66. The summed E-state index contributed by atoms with van der Waals surface area (Å²) in [7, 11) is 0. The predicted octanol–water partition coefficient (Wildman–Crippen LogP) is 0.613. The van der Waals surface area contributed by atoms with E-state index in [1.807, 2.05) is 0 Å². The van der Waals surface area contributed by atoms with Crippen LogP contribution in [0.5, 0.6) is 0 Å². The molecule has 1 saturated heterocycles. The second kappa shape index (κ2) is 2.76. The van der Waals surface area contributed by atoms with Gasteiger partial charge in [0.15, 0.2) is 0 Å². The molecule has 11 heavy (non-hydrogen) atoms. The molecule has 4 atom stereocenters. The first-order chi connectivity index (χ1) is 5.29. The van der Waals surface area contributed by atoms with E-state index in [0.717, 1.165) is 31.3 Å². The zero-order chi connectivity index (χ0) is 7.84. The van der Waals surface area contributed by atoms with Gasteiger partial charge in [-0.15, -0.1) is 0 Å². The Morgan fingerprint density at radius 1 is 1.18 bits per heavy atom. The Morgan fingerprint density at radius 2 is 1.91 bits per heavy atom. The smallest absolute Gasteiger partial charge is 0.0583 e. The molecular formula is C9H17NO. The van der Waals surface area contributed by atoms with Crippen LogP contribution in [0.4, 0.5) is 0 Å². The van der Waals surface area contributed by atoms with Crippen LogP contribution in [-0.2, 0) is 0 Å². The average molecular weight is 155 g/mol. The van der Waals surface area contributed by atoms with E-state index in [4.69, 9.17) is 0 Å². The van der Waals surface area contributed by atoms with Gasteiger partial charge in [-0.1, -0.05) is 6.92 Å². The summed E-state index contributed by atoms with van der Waals surface area (Å²) in [5.74, 6) is 2.12. The van der Waals surface area contributed by atoms with E-state index in [2.05, 4.69) is 12.2 Å². The Balaban J connectivity index is 2.08. The van der Waals surface area contributed by atoms with Crippen LogP contribution in [0.15, 0.2) is 0 Å². The van der Waals surface area contributed by atoms with E-state index in [-0.39, 0.29) is 6.10 Å². The molecule has 1 aliphatic heterocycles. The summed E-state index contributed by atoms with van der Waals surface area (Å²) >= 11 is 0. The lowest BCUT2D eigenvalue weighted by molar-refractivity contribution is 0.0320. The van der Waals surface area contributed by atoms with Crippen LogP contribution in [0.25, 0.3) is 0 Å². The van der Waals surface area contributed by atoms with Gasteiger partial charge in [-0.2, -0.15) is 0 Å². The van der Waals surface area contributed by atoms with Crippen molar-refractivity contribution in [2.24, 2.45) is 17.8 Å². The van der Waals surface area contributed by atoms with Gasteiger partial charge < -0.3 is 10.4 Å². The van der Waals surface area contributed by atoms with Crippen molar-refractivity contribution in [3.8, 4) is 0 Å². The highest BCUT2D eigenvalue weighted by Crippen LogP contribution is 2.36. The first kappa shape index (κ1) is 7.56. The molecule has 2 nitrogen and oxygen atoms in total. The molecule has 0 radical (unpaired) electrons. The Labute approximate surface area is 68.0 Å². The van der Waals surface area contributed by atoms with E-state index in [1.54, 1.807) is 0 Å².